The molecule has 1 aliphatic rings. The normalized spacial score (nSPS) is 13.5. The van der Waals surface area contributed by atoms with E-state index in [0.29, 0.717) is 10.8 Å². The minimum Gasteiger partial charge on any atom is -0.281 e. The molecule has 4 rings (SSSR count). The summed E-state index contributed by atoms with van der Waals surface area (Å²) in [7, 11) is 0. The van der Waals surface area contributed by atoms with E-state index in [-0.39, 0.29) is 12.3 Å². The third kappa shape index (κ3) is 2.21. The quantitative estimate of drug-likeness (QED) is 0.689. The average Bonchev–Trinajstić information content (AvgIpc) is 2.84. The second-order valence-electron chi connectivity index (χ2n) is 5.37. The van der Waals surface area contributed by atoms with E-state index in [1.54, 1.807) is 11.0 Å². The zero-order valence-electron chi connectivity index (χ0n) is 12.4. The van der Waals surface area contributed by atoms with Gasteiger partial charge in [-0.2, -0.15) is 0 Å². The number of hydrogen-bond donors (Lipinski definition) is 0. The minimum absolute atomic E-state index is 0.0640. The van der Waals surface area contributed by atoms with Gasteiger partial charge in [-0.25, -0.2) is 0 Å². The van der Waals surface area contributed by atoms with Crippen molar-refractivity contribution in [1.82, 2.24) is 14.8 Å². The molecule has 5 nitrogen and oxygen atoms in total. The fraction of sp³-hybridized carbons (Fsp3) is 0.118. The van der Waals surface area contributed by atoms with E-state index < -0.39 is 0 Å². The number of halogens is 1. The number of rotatable bonds is 1. The third-order valence-corrected chi connectivity index (χ3v) is 4.12. The van der Waals surface area contributed by atoms with Crippen molar-refractivity contribution in [2.75, 3.05) is 4.90 Å². The SMILES string of the molecule is Cc1nnc2n1-c1ccc(Cl)cc1N(c1ccccc1)C(=O)C2. The summed E-state index contributed by atoms with van der Waals surface area (Å²) in [5.41, 5.74) is 2.38. The van der Waals surface area contributed by atoms with Crippen molar-refractivity contribution in [1.29, 1.82) is 0 Å². The summed E-state index contributed by atoms with van der Waals surface area (Å²) in [6.45, 7) is 1.87. The van der Waals surface area contributed by atoms with Crippen LogP contribution in [0.1, 0.15) is 11.6 Å². The molecule has 0 fully saturated rings. The van der Waals surface area contributed by atoms with Gasteiger partial charge in [0.2, 0.25) is 5.91 Å². The molecule has 0 N–H and O–H groups in total. The van der Waals surface area contributed by atoms with E-state index >= 15 is 0 Å². The lowest BCUT2D eigenvalue weighted by molar-refractivity contribution is -0.117. The van der Waals surface area contributed by atoms with Gasteiger partial charge in [0.05, 0.1) is 17.8 Å². The van der Waals surface area contributed by atoms with Gasteiger partial charge in [-0.1, -0.05) is 29.8 Å². The van der Waals surface area contributed by atoms with Crippen molar-refractivity contribution in [3.05, 3.63) is 65.2 Å². The molecule has 23 heavy (non-hydrogen) atoms. The van der Waals surface area contributed by atoms with Crippen LogP contribution >= 0.6 is 11.6 Å². The molecule has 0 bridgehead atoms. The monoisotopic (exact) mass is 324 g/mol. The molecule has 0 radical (unpaired) electrons. The number of carbonyl (C=O) groups is 1. The molecule has 1 amide bonds. The van der Waals surface area contributed by atoms with Gasteiger partial charge in [-0.3, -0.25) is 14.3 Å². The topological polar surface area (TPSA) is 51.0 Å². The van der Waals surface area contributed by atoms with Crippen molar-refractivity contribution in [3.63, 3.8) is 0 Å². The summed E-state index contributed by atoms with van der Waals surface area (Å²) >= 11 is 6.19. The Balaban J connectivity index is 2.02. The number of para-hydroxylation sites is 1. The molecule has 0 saturated heterocycles. The smallest absolute Gasteiger partial charge is 0.239 e. The number of fused-ring (bicyclic) bond motifs is 3. The summed E-state index contributed by atoms with van der Waals surface area (Å²) < 4.78 is 1.91. The number of aromatic nitrogens is 3. The van der Waals surface area contributed by atoms with Crippen molar-refractivity contribution in [2.45, 2.75) is 13.3 Å². The van der Waals surface area contributed by atoms with Gasteiger partial charge in [-0.15, -0.1) is 10.2 Å². The molecule has 2 heterocycles. The van der Waals surface area contributed by atoms with E-state index in [2.05, 4.69) is 10.2 Å². The van der Waals surface area contributed by atoms with Crippen molar-refractivity contribution in [3.8, 4) is 5.69 Å². The average molecular weight is 325 g/mol. The fourth-order valence-electron chi connectivity index (χ4n) is 2.91. The summed E-state index contributed by atoms with van der Waals surface area (Å²) in [5, 5.41) is 8.83. The Morgan fingerprint density at radius 2 is 1.83 bits per heavy atom. The highest BCUT2D eigenvalue weighted by Crippen LogP contribution is 2.36. The molecule has 0 saturated carbocycles. The van der Waals surface area contributed by atoms with Crippen LogP contribution in [0.5, 0.6) is 0 Å². The van der Waals surface area contributed by atoms with Gasteiger partial charge < -0.3 is 0 Å². The second kappa shape index (κ2) is 5.21. The van der Waals surface area contributed by atoms with Gasteiger partial charge in [0.25, 0.3) is 0 Å². The Morgan fingerprint density at radius 1 is 1.04 bits per heavy atom. The fourth-order valence-corrected chi connectivity index (χ4v) is 3.07. The van der Waals surface area contributed by atoms with E-state index in [1.807, 2.05) is 54.0 Å². The molecule has 0 spiro atoms. The highest BCUT2D eigenvalue weighted by molar-refractivity contribution is 6.31. The molecule has 0 aliphatic carbocycles. The minimum atomic E-state index is -0.0640. The molecule has 114 valence electrons. The van der Waals surface area contributed by atoms with Crippen LogP contribution in [-0.2, 0) is 11.2 Å². The standard InChI is InChI=1S/C17H13ClN4O/c1-11-19-20-16-10-17(23)22(13-5-3-2-4-6-13)15-9-12(18)7-8-14(15)21(11)16/h2-9H,10H2,1H3. The Bertz CT molecular complexity index is 904. The van der Waals surface area contributed by atoms with Crippen LogP contribution in [0.2, 0.25) is 5.02 Å². The zero-order valence-corrected chi connectivity index (χ0v) is 13.2. The van der Waals surface area contributed by atoms with Crippen LogP contribution in [0, 0.1) is 6.92 Å². The first-order chi connectivity index (χ1) is 11.1. The molecular weight excluding hydrogens is 312 g/mol. The van der Waals surface area contributed by atoms with Crippen LogP contribution < -0.4 is 4.90 Å². The summed E-state index contributed by atoms with van der Waals surface area (Å²) in [4.78, 5) is 14.6. The maximum atomic E-state index is 12.9. The van der Waals surface area contributed by atoms with Gasteiger partial charge >= 0.3 is 0 Å². The number of amides is 1. The number of aryl methyl sites for hydroxylation is 1. The highest BCUT2D eigenvalue weighted by Gasteiger charge is 2.29. The number of carbonyl (C=O) groups excluding carboxylic acids is 1. The second-order valence-corrected chi connectivity index (χ2v) is 5.81. The first-order valence-electron chi connectivity index (χ1n) is 7.24. The molecule has 0 unspecified atom stereocenters. The van der Waals surface area contributed by atoms with Crippen LogP contribution in [0.3, 0.4) is 0 Å². The summed E-state index contributed by atoms with van der Waals surface area (Å²) in [6.07, 6.45) is 0.183. The van der Waals surface area contributed by atoms with E-state index in [4.69, 9.17) is 11.6 Å². The molecule has 3 aromatic rings. The lowest BCUT2D eigenvalue weighted by Crippen LogP contribution is -2.26. The molecule has 1 aromatic heterocycles. The van der Waals surface area contributed by atoms with Gasteiger partial charge in [0.15, 0.2) is 0 Å². The molecule has 2 aromatic carbocycles. The van der Waals surface area contributed by atoms with E-state index in [1.165, 1.54) is 0 Å². The van der Waals surface area contributed by atoms with Crippen LogP contribution in [0.4, 0.5) is 11.4 Å². The van der Waals surface area contributed by atoms with E-state index in [9.17, 15) is 4.79 Å². The van der Waals surface area contributed by atoms with Crippen LogP contribution in [0.25, 0.3) is 5.69 Å². The lowest BCUT2D eigenvalue weighted by atomic mass is 10.2. The molecular formula is C17H13ClN4O. The molecule has 1 aliphatic heterocycles. The Labute approximate surface area is 138 Å². The number of benzene rings is 2. The molecule has 6 heteroatoms. The predicted octanol–water partition coefficient (Wildman–Crippen LogP) is 3.45. The van der Waals surface area contributed by atoms with Crippen molar-refractivity contribution < 1.29 is 4.79 Å². The largest absolute Gasteiger partial charge is 0.281 e. The predicted molar refractivity (Wildman–Crippen MR) is 88.4 cm³/mol. The third-order valence-electron chi connectivity index (χ3n) is 3.88. The maximum absolute atomic E-state index is 12.9. The maximum Gasteiger partial charge on any atom is 0.239 e. The first-order valence-corrected chi connectivity index (χ1v) is 7.62. The van der Waals surface area contributed by atoms with Crippen molar-refractivity contribution >= 4 is 28.9 Å². The van der Waals surface area contributed by atoms with Gasteiger partial charge in [0, 0.05) is 10.7 Å². The first kappa shape index (κ1) is 14.0. The molecule has 0 atom stereocenters. The van der Waals surface area contributed by atoms with Gasteiger partial charge in [0.1, 0.15) is 11.6 Å². The Morgan fingerprint density at radius 3 is 2.61 bits per heavy atom. The van der Waals surface area contributed by atoms with Crippen molar-refractivity contribution in [2.24, 2.45) is 0 Å². The van der Waals surface area contributed by atoms with Gasteiger partial charge in [-0.05, 0) is 37.3 Å². The number of anilines is 2. The number of hydrogen-bond acceptors (Lipinski definition) is 3. The lowest BCUT2D eigenvalue weighted by Gasteiger charge is -2.23. The zero-order chi connectivity index (χ0) is 16.0. The van der Waals surface area contributed by atoms with Crippen LogP contribution in [-0.4, -0.2) is 20.7 Å². The van der Waals surface area contributed by atoms with E-state index in [0.717, 1.165) is 22.9 Å². The Hall–Kier alpha value is -2.66. The number of nitrogens with zero attached hydrogens (tertiary/aromatic N) is 4. The van der Waals surface area contributed by atoms with Crippen LogP contribution in [0.15, 0.2) is 48.5 Å². The Kier molecular flexibility index (Phi) is 3.16. The highest BCUT2D eigenvalue weighted by atomic mass is 35.5. The summed E-state index contributed by atoms with van der Waals surface area (Å²) in [6, 6.07) is 15.0. The summed E-state index contributed by atoms with van der Waals surface area (Å²) in [5.74, 6) is 1.31.